The second kappa shape index (κ2) is 7.40. The molecule has 1 aromatic heterocycles. The molecule has 7 heteroatoms. The van der Waals surface area contributed by atoms with E-state index in [0.717, 1.165) is 56.4 Å². The molecule has 1 atom stereocenters. The number of rotatable bonds is 3. The average molecular weight is 372 g/mol. The average Bonchev–Trinajstić information content (AvgIpc) is 3.06. The van der Waals surface area contributed by atoms with E-state index < -0.39 is 6.10 Å². The molecule has 0 amide bonds. The molecule has 0 saturated carbocycles. The highest BCUT2D eigenvalue weighted by molar-refractivity contribution is 5.87. The molecule has 2 aromatic rings. The number of aromatic nitrogens is 1. The molecule has 1 unspecified atom stereocenters. The van der Waals surface area contributed by atoms with Crippen molar-refractivity contribution in [1.82, 2.24) is 15.2 Å². The molecule has 0 aliphatic carbocycles. The quantitative estimate of drug-likeness (QED) is 0.894. The van der Waals surface area contributed by atoms with E-state index in [0.29, 0.717) is 17.1 Å². The molecule has 0 radical (unpaired) electrons. The van der Waals surface area contributed by atoms with E-state index in [2.05, 4.69) is 26.7 Å². The van der Waals surface area contributed by atoms with E-state index in [-0.39, 0.29) is 11.7 Å². The molecule has 6 nitrogen and oxygen atoms in total. The van der Waals surface area contributed by atoms with Gasteiger partial charge in [0.15, 0.2) is 5.58 Å². The summed E-state index contributed by atoms with van der Waals surface area (Å²) in [5.74, 6) is 0.673. The van der Waals surface area contributed by atoms with Crippen molar-refractivity contribution in [3.8, 4) is 0 Å². The molecule has 0 bridgehead atoms. The second-order valence-corrected chi connectivity index (χ2v) is 7.42. The lowest BCUT2D eigenvalue weighted by Gasteiger charge is -2.44. The van der Waals surface area contributed by atoms with Gasteiger partial charge in [0.05, 0.1) is 5.69 Å². The number of hydrazine groups is 1. The Morgan fingerprint density at radius 3 is 2.81 bits per heavy atom. The zero-order valence-corrected chi connectivity index (χ0v) is 15.6. The maximum atomic E-state index is 13.4. The van der Waals surface area contributed by atoms with Crippen molar-refractivity contribution in [2.24, 2.45) is 4.99 Å². The summed E-state index contributed by atoms with van der Waals surface area (Å²) in [4.78, 5) is 4.49. The molecule has 2 saturated heterocycles. The Balaban J connectivity index is 1.48. The largest absolute Gasteiger partial charge is 0.385 e. The van der Waals surface area contributed by atoms with Crippen LogP contribution in [0.3, 0.4) is 0 Å². The molecular weight excluding hydrogens is 347 g/mol. The van der Waals surface area contributed by atoms with Crippen molar-refractivity contribution < 1.29 is 14.0 Å². The van der Waals surface area contributed by atoms with Crippen LogP contribution in [0.4, 0.5) is 4.39 Å². The molecule has 2 fully saturated rings. The van der Waals surface area contributed by atoms with Crippen LogP contribution in [0, 0.1) is 5.82 Å². The van der Waals surface area contributed by atoms with Crippen LogP contribution < -0.4 is 0 Å². The number of piperidine rings is 2. The SMILES string of the molecule is C=C(C)/N=C1/C(O)CCCN1N1CCC(c2noc3cc(F)ccc23)CC1. The molecule has 4 rings (SSSR count). The topological polar surface area (TPSA) is 65.1 Å². The Kier molecular flexibility index (Phi) is 4.97. The predicted molar refractivity (Wildman–Crippen MR) is 102 cm³/mol. The molecule has 3 heterocycles. The highest BCUT2D eigenvalue weighted by atomic mass is 19.1. The minimum atomic E-state index is -0.539. The molecule has 144 valence electrons. The summed E-state index contributed by atoms with van der Waals surface area (Å²) >= 11 is 0. The van der Waals surface area contributed by atoms with Gasteiger partial charge in [-0.15, -0.1) is 0 Å². The number of hydrogen-bond acceptors (Lipinski definition) is 5. The Bertz CT molecular complexity index is 870. The molecule has 0 spiro atoms. The van der Waals surface area contributed by atoms with E-state index in [1.54, 1.807) is 6.07 Å². The standard InChI is InChI=1S/C20H25FN4O2/c1-13(2)22-20-17(26)4-3-9-25(20)24-10-7-14(8-11-24)19-16-6-5-15(21)12-18(16)27-23-19/h5-6,12,14,17,26H,1,3-4,7-11H2,2H3/b22-20-. The number of hydrogen-bond donors (Lipinski definition) is 1. The maximum absolute atomic E-state index is 13.4. The molecule has 27 heavy (non-hydrogen) atoms. The number of aliphatic imine (C=N–C) groups is 1. The molecular formula is C20H25FN4O2. The minimum absolute atomic E-state index is 0.282. The number of nitrogens with zero attached hydrogens (tertiary/aromatic N) is 4. The van der Waals surface area contributed by atoms with E-state index in [4.69, 9.17) is 4.52 Å². The summed E-state index contributed by atoms with van der Waals surface area (Å²) in [6.07, 6.45) is 2.98. The summed E-state index contributed by atoms with van der Waals surface area (Å²) in [7, 11) is 0. The minimum Gasteiger partial charge on any atom is -0.385 e. The fraction of sp³-hybridized carbons (Fsp3) is 0.500. The van der Waals surface area contributed by atoms with Crippen molar-refractivity contribution in [3.63, 3.8) is 0 Å². The van der Waals surface area contributed by atoms with Gasteiger partial charge in [-0.1, -0.05) is 11.7 Å². The number of aliphatic hydroxyl groups is 1. The van der Waals surface area contributed by atoms with Crippen LogP contribution in [-0.2, 0) is 0 Å². The van der Waals surface area contributed by atoms with Gasteiger partial charge in [-0.2, -0.15) is 0 Å². The first-order valence-corrected chi connectivity index (χ1v) is 9.52. The third-order valence-electron chi connectivity index (χ3n) is 5.38. The lowest BCUT2D eigenvalue weighted by atomic mass is 9.92. The van der Waals surface area contributed by atoms with Crippen LogP contribution in [0.25, 0.3) is 11.0 Å². The van der Waals surface area contributed by atoms with Crippen LogP contribution in [0.15, 0.2) is 40.0 Å². The van der Waals surface area contributed by atoms with Crippen LogP contribution in [0.5, 0.6) is 0 Å². The maximum Gasteiger partial charge on any atom is 0.170 e. The molecule has 1 aromatic carbocycles. The monoisotopic (exact) mass is 372 g/mol. The van der Waals surface area contributed by atoms with Gasteiger partial charge in [0, 0.05) is 42.7 Å². The van der Waals surface area contributed by atoms with Crippen molar-refractivity contribution in [2.75, 3.05) is 19.6 Å². The first-order chi connectivity index (χ1) is 13.0. The van der Waals surface area contributed by atoms with E-state index >= 15 is 0 Å². The van der Waals surface area contributed by atoms with Crippen LogP contribution >= 0.6 is 0 Å². The highest BCUT2D eigenvalue weighted by Gasteiger charge is 2.33. The molecule has 2 aliphatic rings. The number of amidine groups is 1. The number of aliphatic hydroxyl groups excluding tert-OH is 1. The Morgan fingerprint density at radius 2 is 2.07 bits per heavy atom. The highest BCUT2D eigenvalue weighted by Crippen LogP contribution is 2.33. The fourth-order valence-corrected chi connectivity index (χ4v) is 4.07. The van der Waals surface area contributed by atoms with Gasteiger partial charge < -0.3 is 9.63 Å². The van der Waals surface area contributed by atoms with Crippen molar-refractivity contribution in [2.45, 2.75) is 44.6 Å². The number of halogens is 1. The number of fused-ring (bicyclic) bond motifs is 1. The van der Waals surface area contributed by atoms with Gasteiger partial charge in [-0.3, -0.25) is 5.01 Å². The molecule has 2 aliphatic heterocycles. The zero-order chi connectivity index (χ0) is 19.0. The first-order valence-electron chi connectivity index (χ1n) is 9.52. The van der Waals surface area contributed by atoms with Gasteiger partial charge in [-0.25, -0.2) is 14.4 Å². The van der Waals surface area contributed by atoms with Crippen molar-refractivity contribution in [1.29, 1.82) is 0 Å². The van der Waals surface area contributed by atoms with Gasteiger partial charge in [0.1, 0.15) is 17.8 Å². The van der Waals surface area contributed by atoms with Crippen LogP contribution in [0.2, 0.25) is 0 Å². The summed E-state index contributed by atoms with van der Waals surface area (Å²) in [5, 5.41) is 19.9. The van der Waals surface area contributed by atoms with Gasteiger partial charge >= 0.3 is 0 Å². The fourth-order valence-electron chi connectivity index (χ4n) is 4.07. The third-order valence-corrected chi connectivity index (χ3v) is 5.38. The van der Waals surface area contributed by atoms with E-state index in [1.165, 1.54) is 12.1 Å². The van der Waals surface area contributed by atoms with E-state index in [9.17, 15) is 9.50 Å². The summed E-state index contributed by atoms with van der Waals surface area (Å²) in [5.41, 5.74) is 2.12. The molecule has 1 N–H and O–H groups in total. The predicted octanol–water partition coefficient (Wildman–Crippen LogP) is 3.45. The summed E-state index contributed by atoms with van der Waals surface area (Å²) in [6, 6.07) is 4.59. The second-order valence-electron chi connectivity index (χ2n) is 7.42. The lowest BCUT2D eigenvalue weighted by molar-refractivity contribution is -0.00541. The van der Waals surface area contributed by atoms with Gasteiger partial charge in [-0.05, 0) is 44.7 Å². The van der Waals surface area contributed by atoms with Crippen LogP contribution in [-0.4, -0.2) is 51.9 Å². The van der Waals surface area contributed by atoms with Crippen LogP contribution in [0.1, 0.15) is 44.2 Å². The van der Waals surface area contributed by atoms with Crippen molar-refractivity contribution >= 4 is 16.8 Å². The normalized spacial score (nSPS) is 24.0. The van der Waals surface area contributed by atoms with Gasteiger partial charge in [0.2, 0.25) is 0 Å². The lowest BCUT2D eigenvalue weighted by Crippen LogP contribution is -2.55. The zero-order valence-electron chi connectivity index (χ0n) is 15.6. The number of allylic oxidation sites excluding steroid dienone is 1. The Morgan fingerprint density at radius 1 is 1.30 bits per heavy atom. The Hall–Kier alpha value is -2.25. The van der Waals surface area contributed by atoms with Crippen molar-refractivity contribution in [3.05, 3.63) is 42.0 Å². The summed E-state index contributed by atoms with van der Waals surface area (Å²) < 4.78 is 18.7. The van der Waals surface area contributed by atoms with E-state index in [1.807, 2.05) is 6.92 Å². The first kappa shape index (κ1) is 18.1. The Labute approximate surface area is 157 Å². The summed E-state index contributed by atoms with van der Waals surface area (Å²) in [6.45, 7) is 8.26. The third kappa shape index (κ3) is 3.61. The van der Waals surface area contributed by atoms with Gasteiger partial charge in [0.25, 0.3) is 0 Å². The smallest absolute Gasteiger partial charge is 0.170 e. The number of benzene rings is 1.